The fourth-order valence-electron chi connectivity index (χ4n) is 3.16. The number of benzene rings is 2. The zero-order chi connectivity index (χ0) is 16.7. The summed E-state index contributed by atoms with van der Waals surface area (Å²) in [7, 11) is 0. The van der Waals surface area contributed by atoms with Crippen LogP contribution in [0.25, 0.3) is 10.9 Å². The van der Waals surface area contributed by atoms with E-state index in [1.54, 1.807) is 6.20 Å². The molecule has 1 atom stereocenters. The number of pyridine rings is 1. The van der Waals surface area contributed by atoms with Crippen molar-refractivity contribution in [2.45, 2.75) is 12.8 Å². The lowest BCUT2D eigenvalue weighted by atomic mass is 9.83. The Hall–Kier alpha value is -3.32. The van der Waals surface area contributed by atoms with Crippen molar-refractivity contribution < 1.29 is 4.74 Å². The second kappa shape index (κ2) is 5.39. The Morgan fingerprint density at radius 2 is 1.92 bits per heavy atom. The fraction of sp³-hybridized carbons (Fsp3) is 0.100. The van der Waals surface area contributed by atoms with Gasteiger partial charge in [0.1, 0.15) is 17.2 Å². The normalized spacial score (nSPS) is 16.4. The molecule has 1 unspecified atom stereocenters. The number of rotatable bonds is 1. The Kier molecular flexibility index (Phi) is 3.21. The van der Waals surface area contributed by atoms with E-state index in [4.69, 9.17) is 10.5 Å². The van der Waals surface area contributed by atoms with Crippen LogP contribution >= 0.6 is 0 Å². The van der Waals surface area contributed by atoms with Gasteiger partial charge in [-0.2, -0.15) is 5.26 Å². The first-order valence-corrected chi connectivity index (χ1v) is 7.71. The molecule has 1 aromatic heterocycles. The Morgan fingerprint density at radius 3 is 2.67 bits per heavy atom. The number of allylic oxidation sites excluding steroid dienone is 1. The molecule has 0 saturated heterocycles. The summed E-state index contributed by atoms with van der Waals surface area (Å²) in [5, 5.41) is 10.6. The fourth-order valence-corrected chi connectivity index (χ4v) is 3.16. The Bertz CT molecular complexity index is 1010. The largest absolute Gasteiger partial charge is 0.438 e. The lowest BCUT2D eigenvalue weighted by Gasteiger charge is -2.27. The van der Waals surface area contributed by atoms with Crippen molar-refractivity contribution in [3.05, 3.63) is 82.9 Å². The van der Waals surface area contributed by atoms with E-state index in [9.17, 15) is 5.26 Å². The maximum atomic E-state index is 9.60. The highest BCUT2D eigenvalue weighted by molar-refractivity contribution is 5.87. The van der Waals surface area contributed by atoms with E-state index in [2.05, 4.69) is 11.1 Å². The predicted octanol–water partition coefficient (Wildman–Crippen LogP) is 3.76. The first-order chi connectivity index (χ1) is 11.7. The molecule has 2 aromatic carbocycles. The molecule has 24 heavy (non-hydrogen) atoms. The van der Waals surface area contributed by atoms with Crippen LogP contribution in [0.2, 0.25) is 0 Å². The second-order valence-electron chi connectivity index (χ2n) is 5.89. The molecule has 2 heterocycles. The van der Waals surface area contributed by atoms with Gasteiger partial charge >= 0.3 is 0 Å². The summed E-state index contributed by atoms with van der Waals surface area (Å²) < 4.78 is 5.80. The van der Waals surface area contributed by atoms with Gasteiger partial charge in [0.25, 0.3) is 0 Å². The molecule has 1 aliphatic rings. The van der Waals surface area contributed by atoms with Crippen LogP contribution in [-0.2, 0) is 0 Å². The number of aryl methyl sites for hydroxylation is 1. The predicted molar refractivity (Wildman–Crippen MR) is 92.2 cm³/mol. The number of fused-ring (bicyclic) bond motifs is 3. The minimum atomic E-state index is -0.245. The van der Waals surface area contributed by atoms with Gasteiger partial charge in [-0.05, 0) is 18.6 Å². The number of aromatic nitrogens is 1. The maximum Gasteiger partial charge on any atom is 0.205 e. The van der Waals surface area contributed by atoms with Crippen molar-refractivity contribution in [3.8, 4) is 11.8 Å². The van der Waals surface area contributed by atoms with Crippen molar-refractivity contribution in [1.82, 2.24) is 4.98 Å². The minimum absolute atomic E-state index is 0.147. The number of nitrogens with zero attached hydrogens (tertiary/aromatic N) is 2. The third-order valence-electron chi connectivity index (χ3n) is 4.37. The van der Waals surface area contributed by atoms with E-state index < -0.39 is 0 Å². The van der Waals surface area contributed by atoms with Gasteiger partial charge < -0.3 is 10.5 Å². The third kappa shape index (κ3) is 2.10. The summed E-state index contributed by atoms with van der Waals surface area (Å²) >= 11 is 0. The summed E-state index contributed by atoms with van der Waals surface area (Å²) in [6.07, 6.45) is 1.73. The molecule has 0 spiro atoms. The Labute approximate surface area is 139 Å². The molecule has 1 aliphatic heterocycles. The van der Waals surface area contributed by atoms with Crippen molar-refractivity contribution in [2.24, 2.45) is 5.73 Å². The molecular weight excluding hydrogens is 298 g/mol. The van der Waals surface area contributed by atoms with E-state index in [1.807, 2.05) is 55.5 Å². The smallest absolute Gasteiger partial charge is 0.205 e. The molecule has 0 fully saturated rings. The molecule has 4 rings (SSSR count). The van der Waals surface area contributed by atoms with Crippen LogP contribution in [-0.4, -0.2) is 4.98 Å². The molecule has 0 amide bonds. The number of nitriles is 1. The standard InChI is InChI=1S/C20H15N3O/c1-12-4-6-13(7-5-12)17-15-9-8-14-3-2-10-23-18(14)19(15)24-20(22)16(17)11-21/h2-10,17H,22H2,1H3. The van der Waals surface area contributed by atoms with Gasteiger partial charge in [-0.1, -0.05) is 48.0 Å². The Balaban J connectivity index is 2.00. The van der Waals surface area contributed by atoms with Crippen molar-refractivity contribution in [1.29, 1.82) is 5.26 Å². The number of ether oxygens (including phenoxy) is 1. The van der Waals surface area contributed by atoms with Crippen molar-refractivity contribution in [3.63, 3.8) is 0 Å². The van der Waals surface area contributed by atoms with Gasteiger partial charge in [0.05, 0.1) is 5.92 Å². The molecule has 116 valence electrons. The highest BCUT2D eigenvalue weighted by Crippen LogP contribution is 2.44. The van der Waals surface area contributed by atoms with Crippen LogP contribution in [0.4, 0.5) is 0 Å². The number of hydrogen-bond donors (Lipinski definition) is 1. The summed E-state index contributed by atoms with van der Waals surface area (Å²) in [5.41, 5.74) is 10.3. The quantitative estimate of drug-likeness (QED) is 0.742. The molecule has 0 saturated carbocycles. The van der Waals surface area contributed by atoms with E-state index in [0.29, 0.717) is 11.3 Å². The summed E-state index contributed by atoms with van der Waals surface area (Å²) in [6, 6.07) is 18.2. The molecule has 4 heteroatoms. The van der Waals surface area contributed by atoms with Gasteiger partial charge in [-0.15, -0.1) is 0 Å². The Morgan fingerprint density at radius 1 is 1.12 bits per heavy atom. The van der Waals surface area contributed by atoms with E-state index in [1.165, 1.54) is 5.56 Å². The first kappa shape index (κ1) is 14.3. The molecule has 0 aliphatic carbocycles. The van der Waals surface area contributed by atoms with Crippen molar-refractivity contribution in [2.75, 3.05) is 0 Å². The van der Waals surface area contributed by atoms with Gasteiger partial charge in [0.2, 0.25) is 5.88 Å². The summed E-state index contributed by atoms with van der Waals surface area (Å²) in [6.45, 7) is 2.04. The maximum absolute atomic E-state index is 9.60. The lowest BCUT2D eigenvalue weighted by molar-refractivity contribution is 0.397. The monoisotopic (exact) mass is 313 g/mol. The zero-order valence-corrected chi connectivity index (χ0v) is 13.2. The summed E-state index contributed by atoms with van der Waals surface area (Å²) in [4.78, 5) is 4.44. The first-order valence-electron chi connectivity index (χ1n) is 7.71. The number of hydrogen-bond acceptors (Lipinski definition) is 4. The second-order valence-corrected chi connectivity index (χ2v) is 5.89. The van der Waals surface area contributed by atoms with E-state index >= 15 is 0 Å². The van der Waals surface area contributed by atoms with Gasteiger partial charge in [0.15, 0.2) is 5.75 Å². The SMILES string of the molecule is Cc1ccc(C2C(C#N)=C(N)Oc3c2ccc2cccnc32)cc1. The van der Waals surface area contributed by atoms with Crippen LogP contribution in [0, 0.1) is 18.3 Å². The molecule has 0 bridgehead atoms. The van der Waals surface area contributed by atoms with Crippen LogP contribution < -0.4 is 10.5 Å². The lowest BCUT2D eigenvalue weighted by Crippen LogP contribution is -2.21. The third-order valence-corrected chi connectivity index (χ3v) is 4.37. The van der Waals surface area contributed by atoms with Gasteiger partial charge in [-0.3, -0.25) is 4.98 Å². The van der Waals surface area contributed by atoms with E-state index in [-0.39, 0.29) is 11.8 Å². The number of nitrogens with two attached hydrogens (primary N) is 1. The topological polar surface area (TPSA) is 71.9 Å². The van der Waals surface area contributed by atoms with E-state index in [0.717, 1.165) is 22.0 Å². The van der Waals surface area contributed by atoms with Crippen molar-refractivity contribution >= 4 is 10.9 Å². The van der Waals surface area contributed by atoms with Gasteiger partial charge in [-0.25, -0.2) is 0 Å². The molecule has 0 radical (unpaired) electrons. The highest BCUT2D eigenvalue weighted by atomic mass is 16.5. The van der Waals surface area contributed by atoms with Crippen LogP contribution in [0.3, 0.4) is 0 Å². The average molecular weight is 313 g/mol. The molecule has 3 aromatic rings. The zero-order valence-electron chi connectivity index (χ0n) is 13.2. The van der Waals surface area contributed by atoms with Crippen LogP contribution in [0.15, 0.2) is 66.2 Å². The molecule has 2 N–H and O–H groups in total. The average Bonchev–Trinajstić information content (AvgIpc) is 2.61. The van der Waals surface area contributed by atoms with Crippen LogP contribution in [0.5, 0.6) is 5.75 Å². The highest BCUT2D eigenvalue weighted by Gasteiger charge is 2.31. The minimum Gasteiger partial charge on any atom is -0.438 e. The van der Waals surface area contributed by atoms with Crippen LogP contribution in [0.1, 0.15) is 22.6 Å². The molecule has 4 nitrogen and oxygen atoms in total. The summed E-state index contributed by atoms with van der Waals surface area (Å²) in [5.74, 6) is 0.537. The van der Waals surface area contributed by atoms with Gasteiger partial charge in [0, 0.05) is 17.1 Å². The molecular formula is C20H15N3O.